The lowest BCUT2D eigenvalue weighted by Crippen LogP contribution is -2.46. The Morgan fingerprint density at radius 2 is 0.891 bits per heavy atom. The lowest BCUT2D eigenvalue weighted by atomic mass is 10.0. The Balaban J connectivity index is 4.61. The van der Waals surface area contributed by atoms with Gasteiger partial charge in [-0.05, 0) is 83.5 Å². The van der Waals surface area contributed by atoms with Crippen molar-refractivity contribution in [2.24, 2.45) is 0 Å². The summed E-state index contributed by atoms with van der Waals surface area (Å²) in [6, 6.07) is -0.714. The number of aliphatic hydroxyl groups excluding tert-OH is 2. The van der Waals surface area contributed by atoms with E-state index in [1.165, 1.54) is 116 Å². The molecule has 0 aliphatic heterocycles. The summed E-state index contributed by atoms with van der Waals surface area (Å²) in [5, 5.41) is 23.8. The van der Waals surface area contributed by atoms with E-state index in [0.29, 0.717) is 19.3 Å². The summed E-state index contributed by atoms with van der Waals surface area (Å²) < 4.78 is 5.93. The summed E-state index contributed by atoms with van der Waals surface area (Å²) in [5.74, 6) is -0.509. The van der Waals surface area contributed by atoms with Crippen LogP contribution in [0.1, 0.15) is 271 Å². The molecule has 3 atom stereocenters. The van der Waals surface area contributed by atoms with Gasteiger partial charge in [0.05, 0.1) is 25.2 Å². The first-order valence-electron chi connectivity index (χ1n) is 27.5. The van der Waals surface area contributed by atoms with Crippen molar-refractivity contribution in [2.45, 2.75) is 289 Å². The molecule has 1 amide bonds. The van der Waals surface area contributed by atoms with Crippen LogP contribution in [0.5, 0.6) is 0 Å². The Morgan fingerprint density at radius 3 is 1.38 bits per heavy atom. The number of carbonyl (C=O) groups is 2. The monoisotopic (exact) mass is 896 g/mol. The molecule has 64 heavy (non-hydrogen) atoms. The summed E-state index contributed by atoms with van der Waals surface area (Å²) in [7, 11) is 0. The van der Waals surface area contributed by atoms with Crippen molar-refractivity contribution in [3.05, 3.63) is 60.8 Å². The number of nitrogens with one attached hydrogen (secondary N) is 1. The van der Waals surface area contributed by atoms with Gasteiger partial charge in [-0.15, -0.1) is 0 Å². The van der Waals surface area contributed by atoms with Crippen LogP contribution in [0.4, 0.5) is 0 Å². The van der Waals surface area contributed by atoms with E-state index in [2.05, 4.69) is 86.8 Å². The standard InChI is InChI=1S/C58H105NO5/c1-4-7-10-13-16-19-22-25-27-28-29-30-33-36-39-42-45-48-51-58(63)64-54(49-46-43-40-37-34-32-26-23-20-17-14-11-8-5-2)52-57(62)59-55(53-60)56(61)50-47-44-41-38-35-31-24-21-18-15-12-9-6-3/h8,11,17,20,26-30,32,54-56,60-61H,4-7,9-10,12-16,18-19,21-25,31,33-53H2,1-3H3,(H,59,62)/b11-8+,20-17+,28-27+,30-29+,32-26+. The normalized spacial score (nSPS) is 13.6. The second-order valence-corrected chi connectivity index (χ2v) is 18.6. The first-order chi connectivity index (χ1) is 31.5. The number of hydrogen-bond donors (Lipinski definition) is 3. The van der Waals surface area contributed by atoms with E-state index in [1.807, 2.05) is 0 Å². The molecule has 0 bridgehead atoms. The fourth-order valence-corrected chi connectivity index (χ4v) is 8.20. The highest BCUT2D eigenvalue weighted by atomic mass is 16.5. The quantitative estimate of drug-likeness (QED) is 0.0245. The molecule has 6 heteroatoms. The van der Waals surface area contributed by atoms with Gasteiger partial charge in [-0.1, -0.05) is 236 Å². The minimum atomic E-state index is -0.798. The van der Waals surface area contributed by atoms with Crippen molar-refractivity contribution in [1.82, 2.24) is 5.32 Å². The molecule has 0 rings (SSSR count). The van der Waals surface area contributed by atoms with Gasteiger partial charge in [0.2, 0.25) is 5.91 Å². The van der Waals surface area contributed by atoms with Crippen LogP contribution < -0.4 is 5.32 Å². The van der Waals surface area contributed by atoms with E-state index in [1.54, 1.807) is 0 Å². The number of carbonyl (C=O) groups excluding carboxylic acids is 2. The Labute approximate surface area is 397 Å². The average molecular weight is 896 g/mol. The molecule has 0 aliphatic carbocycles. The summed E-state index contributed by atoms with van der Waals surface area (Å²) in [4.78, 5) is 26.2. The Bertz CT molecular complexity index is 1140. The van der Waals surface area contributed by atoms with Crippen LogP contribution in [0.15, 0.2) is 60.8 Å². The Kier molecular flexibility index (Phi) is 49.6. The molecule has 372 valence electrons. The van der Waals surface area contributed by atoms with Crippen LogP contribution >= 0.6 is 0 Å². The van der Waals surface area contributed by atoms with Gasteiger partial charge < -0.3 is 20.3 Å². The highest BCUT2D eigenvalue weighted by molar-refractivity contribution is 5.77. The first kappa shape index (κ1) is 61.6. The van der Waals surface area contributed by atoms with Gasteiger partial charge >= 0.3 is 5.97 Å². The molecule has 3 unspecified atom stereocenters. The highest BCUT2D eigenvalue weighted by Gasteiger charge is 2.24. The summed E-state index contributed by atoms with van der Waals surface area (Å²) in [6.45, 7) is 6.37. The van der Waals surface area contributed by atoms with Gasteiger partial charge in [-0.2, -0.15) is 0 Å². The van der Waals surface area contributed by atoms with Crippen molar-refractivity contribution in [3.63, 3.8) is 0 Å². The second-order valence-electron chi connectivity index (χ2n) is 18.6. The third-order valence-corrected chi connectivity index (χ3v) is 12.4. The third-order valence-electron chi connectivity index (χ3n) is 12.4. The number of hydrogen-bond acceptors (Lipinski definition) is 5. The molecular weight excluding hydrogens is 791 g/mol. The molecule has 0 fully saturated rings. The van der Waals surface area contributed by atoms with Gasteiger partial charge in [0.25, 0.3) is 0 Å². The lowest BCUT2D eigenvalue weighted by Gasteiger charge is -2.24. The molecule has 0 spiro atoms. The predicted molar refractivity (Wildman–Crippen MR) is 278 cm³/mol. The summed E-state index contributed by atoms with van der Waals surface area (Å²) >= 11 is 0. The zero-order valence-electron chi connectivity index (χ0n) is 42.4. The first-order valence-corrected chi connectivity index (χ1v) is 27.5. The van der Waals surface area contributed by atoms with E-state index in [-0.39, 0.29) is 24.9 Å². The molecular formula is C58H105NO5. The maximum absolute atomic E-state index is 13.2. The topological polar surface area (TPSA) is 95.9 Å². The van der Waals surface area contributed by atoms with Gasteiger partial charge in [-0.25, -0.2) is 0 Å². The van der Waals surface area contributed by atoms with E-state index in [4.69, 9.17) is 4.74 Å². The molecule has 0 aromatic carbocycles. The van der Waals surface area contributed by atoms with Crippen molar-refractivity contribution in [2.75, 3.05) is 6.61 Å². The van der Waals surface area contributed by atoms with E-state index in [0.717, 1.165) is 109 Å². The summed E-state index contributed by atoms with van der Waals surface area (Å²) in [6.07, 6.45) is 64.2. The zero-order valence-corrected chi connectivity index (χ0v) is 42.4. The number of aliphatic hydroxyl groups is 2. The summed E-state index contributed by atoms with van der Waals surface area (Å²) in [5.41, 5.74) is 0. The van der Waals surface area contributed by atoms with Crippen molar-refractivity contribution < 1.29 is 24.5 Å². The number of rotatable bonds is 49. The molecule has 0 heterocycles. The van der Waals surface area contributed by atoms with Gasteiger partial charge in [0.15, 0.2) is 0 Å². The Hall–Kier alpha value is -2.44. The third kappa shape index (κ3) is 46.1. The highest BCUT2D eigenvalue weighted by Crippen LogP contribution is 2.18. The van der Waals surface area contributed by atoms with E-state index in [9.17, 15) is 19.8 Å². The van der Waals surface area contributed by atoms with Crippen LogP contribution in [-0.4, -0.2) is 46.9 Å². The molecule has 0 aromatic rings. The SMILES string of the molecule is CC/C=C/C/C=C/C/C=C/CCCCCCC(CC(=O)NC(CO)C(O)CCCCCCCCCCCCCCC)OC(=O)CCCCCCC/C=C/C=C/CCCCCCCCC. The molecule has 3 N–H and O–H groups in total. The van der Waals surface area contributed by atoms with Crippen LogP contribution in [0.2, 0.25) is 0 Å². The largest absolute Gasteiger partial charge is 0.462 e. The number of ether oxygens (including phenoxy) is 1. The molecule has 0 saturated heterocycles. The van der Waals surface area contributed by atoms with Crippen molar-refractivity contribution >= 4 is 11.9 Å². The van der Waals surface area contributed by atoms with E-state index < -0.39 is 18.2 Å². The van der Waals surface area contributed by atoms with Crippen molar-refractivity contribution in [1.29, 1.82) is 0 Å². The van der Waals surface area contributed by atoms with Crippen molar-refractivity contribution in [3.8, 4) is 0 Å². The Morgan fingerprint density at radius 1 is 0.484 bits per heavy atom. The maximum Gasteiger partial charge on any atom is 0.306 e. The predicted octanol–water partition coefficient (Wildman–Crippen LogP) is 16.8. The molecule has 6 nitrogen and oxygen atoms in total. The lowest BCUT2D eigenvalue weighted by molar-refractivity contribution is -0.151. The number of esters is 1. The number of amides is 1. The van der Waals surface area contributed by atoms with E-state index >= 15 is 0 Å². The average Bonchev–Trinajstić information content (AvgIpc) is 3.29. The fourth-order valence-electron chi connectivity index (χ4n) is 8.20. The molecule has 0 saturated carbocycles. The van der Waals surface area contributed by atoms with Crippen LogP contribution in [0, 0.1) is 0 Å². The number of unbranched alkanes of at least 4 members (excludes halogenated alkanes) is 28. The van der Waals surface area contributed by atoms with Gasteiger partial charge in [-0.3, -0.25) is 9.59 Å². The fraction of sp³-hybridized carbons (Fsp3) is 0.793. The molecule has 0 aliphatic rings. The molecule has 0 aromatic heterocycles. The smallest absolute Gasteiger partial charge is 0.306 e. The maximum atomic E-state index is 13.2. The molecule has 0 radical (unpaired) electrons. The van der Waals surface area contributed by atoms with Gasteiger partial charge in [0, 0.05) is 6.42 Å². The van der Waals surface area contributed by atoms with Crippen LogP contribution in [-0.2, 0) is 14.3 Å². The number of allylic oxidation sites excluding steroid dienone is 10. The van der Waals surface area contributed by atoms with Gasteiger partial charge in [0.1, 0.15) is 6.10 Å². The van der Waals surface area contributed by atoms with Crippen LogP contribution in [0.25, 0.3) is 0 Å². The minimum absolute atomic E-state index is 0.0556. The zero-order chi connectivity index (χ0) is 46.7. The second kappa shape index (κ2) is 51.5. The van der Waals surface area contributed by atoms with Crippen LogP contribution in [0.3, 0.4) is 0 Å². The minimum Gasteiger partial charge on any atom is -0.462 e.